The van der Waals surface area contributed by atoms with Crippen LogP contribution in [0.2, 0.25) is 0 Å². The Morgan fingerprint density at radius 3 is 2.97 bits per heavy atom. The molecule has 0 spiro atoms. The summed E-state index contributed by atoms with van der Waals surface area (Å²) in [4.78, 5) is 18.8. The number of rotatable bonds is 4. The van der Waals surface area contributed by atoms with Crippen LogP contribution in [0, 0.1) is 5.92 Å². The number of furan rings is 1. The molecule has 0 bridgehead atoms. The van der Waals surface area contributed by atoms with Gasteiger partial charge in [0, 0.05) is 47.6 Å². The van der Waals surface area contributed by atoms with E-state index < -0.39 is 0 Å². The number of hydrogen-bond donors (Lipinski definition) is 2. The highest BCUT2D eigenvalue weighted by atomic mass is 16.3. The van der Waals surface area contributed by atoms with E-state index in [0.29, 0.717) is 6.42 Å². The maximum absolute atomic E-state index is 13.3. The first-order valence-electron chi connectivity index (χ1n) is 11.2. The van der Waals surface area contributed by atoms with E-state index in [9.17, 15) is 9.90 Å². The van der Waals surface area contributed by atoms with Crippen molar-refractivity contribution in [1.29, 1.82) is 0 Å². The number of aliphatic hydroxyl groups excluding tert-OH is 1. The van der Waals surface area contributed by atoms with E-state index in [1.807, 2.05) is 24.4 Å². The summed E-state index contributed by atoms with van der Waals surface area (Å²) in [6, 6.07) is 10.3. The van der Waals surface area contributed by atoms with Gasteiger partial charge >= 0.3 is 0 Å². The van der Waals surface area contributed by atoms with Crippen molar-refractivity contribution in [3.8, 4) is 11.3 Å². The third kappa shape index (κ3) is 3.35. The van der Waals surface area contributed by atoms with E-state index in [2.05, 4.69) is 28.9 Å². The third-order valence-electron chi connectivity index (χ3n) is 7.18. The first-order chi connectivity index (χ1) is 14.6. The summed E-state index contributed by atoms with van der Waals surface area (Å²) in [5, 5.41) is 11.6. The molecule has 1 saturated carbocycles. The van der Waals surface area contributed by atoms with Crippen molar-refractivity contribution in [2.75, 3.05) is 6.54 Å². The van der Waals surface area contributed by atoms with Crippen molar-refractivity contribution >= 4 is 16.8 Å². The average Bonchev–Trinajstić information content (AvgIpc) is 3.43. The summed E-state index contributed by atoms with van der Waals surface area (Å²) in [7, 11) is 0. The van der Waals surface area contributed by atoms with Crippen molar-refractivity contribution < 1.29 is 14.3 Å². The molecule has 1 aromatic carbocycles. The Morgan fingerprint density at radius 2 is 2.13 bits per heavy atom. The molecule has 30 heavy (non-hydrogen) atoms. The minimum atomic E-state index is -0.249. The van der Waals surface area contributed by atoms with Crippen LogP contribution in [0.5, 0.6) is 0 Å². The number of hydrogen-bond acceptors (Lipinski definition) is 3. The first-order valence-corrected chi connectivity index (χ1v) is 11.2. The summed E-state index contributed by atoms with van der Waals surface area (Å²) in [5.74, 6) is 1.41. The highest BCUT2D eigenvalue weighted by molar-refractivity contribution is 5.97. The number of nitrogens with one attached hydrogen (secondary N) is 1. The minimum absolute atomic E-state index is 0.0938. The molecule has 158 valence electrons. The minimum Gasteiger partial charge on any atom is -0.464 e. The lowest BCUT2D eigenvalue weighted by Gasteiger charge is -2.46. The number of benzene rings is 1. The van der Waals surface area contributed by atoms with Crippen LogP contribution in [0.15, 0.2) is 47.2 Å². The highest BCUT2D eigenvalue weighted by Gasteiger charge is 2.40. The molecule has 3 heterocycles. The molecule has 0 radical (unpaired) electrons. The maximum Gasteiger partial charge on any atom is 0.223 e. The zero-order chi connectivity index (χ0) is 20.7. The van der Waals surface area contributed by atoms with Crippen molar-refractivity contribution in [3.63, 3.8) is 0 Å². The van der Waals surface area contributed by atoms with Gasteiger partial charge in [-0.05, 0) is 61.8 Å². The summed E-state index contributed by atoms with van der Waals surface area (Å²) >= 11 is 0. The molecule has 1 aliphatic carbocycles. The molecule has 5 rings (SSSR count). The van der Waals surface area contributed by atoms with Crippen LogP contribution in [0.1, 0.15) is 56.9 Å². The van der Waals surface area contributed by atoms with Crippen molar-refractivity contribution in [1.82, 2.24) is 9.88 Å². The van der Waals surface area contributed by atoms with Crippen LogP contribution in [0.25, 0.3) is 22.2 Å². The maximum atomic E-state index is 13.3. The van der Waals surface area contributed by atoms with Gasteiger partial charge in [-0.1, -0.05) is 19.1 Å². The quantitative estimate of drug-likeness (QED) is 0.635. The Morgan fingerprint density at radius 1 is 1.23 bits per heavy atom. The fraction of sp³-hybridized carbons (Fsp3) is 0.480. The van der Waals surface area contributed by atoms with Crippen molar-refractivity contribution in [3.05, 3.63) is 48.4 Å². The Hall–Kier alpha value is -2.53. The number of carbonyl (C=O) groups excluding carboxylic acids is 1. The molecule has 4 atom stereocenters. The normalized spacial score (nSPS) is 25.3. The number of aliphatic hydroxyl groups is 1. The van der Waals surface area contributed by atoms with Gasteiger partial charge in [0.05, 0.1) is 12.4 Å². The van der Waals surface area contributed by atoms with E-state index >= 15 is 0 Å². The van der Waals surface area contributed by atoms with Gasteiger partial charge in [0.1, 0.15) is 5.76 Å². The highest BCUT2D eigenvalue weighted by Crippen LogP contribution is 2.38. The summed E-state index contributed by atoms with van der Waals surface area (Å²) in [6.45, 7) is 2.96. The monoisotopic (exact) mass is 406 g/mol. The topological polar surface area (TPSA) is 69.5 Å². The van der Waals surface area contributed by atoms with Gasteiger partial charge in [-0.2, -0.15) is 0 Å². The molecule has 2 N–H and O–H groups in total. The van der Waals surface area contributed by atoms with Crippen LogP contribution in [0.4, 0.5) is 0 Å². The Labute approximate surface area is 177 Å². The second-order valence-electron chi connectivity index (χ2n) is 9.01. The molecular formula is C25H30N2O3. The number of fused-ring (bicyclic) bond motifs is 2. The van der Waals surface area contributed by atoms with Gasteiger partial charge in [0.15, 0.2) is 0 Å². The summed E-state index contributed by atoms with van der Waals surface area (Å²) in [6.07, 6.45) is 8.92. The van der Waals surface area contributed by atoms with E-state index in [1.54, 1.807) is 6.26 Å². The van der Waals surface area contributed by atoms with Crippen LogP contribution < -0.4 is 0 Å². The number of aromatic amines is 1. The third-order valence-corrected chi connectivity index (χ3v) is 7.18. The van der Waals surface area contributed by atoms with Crippen LogP contribution in [-0.2, 0) is 4.79 Å². The zero-order valence-corrected chi connectivity index (χ0v) is 17.5. The van der Waals surface area contributed by atoms with Crippen LogP contribution in [0.3, 0.4) is 0 Å². The number of piperidine rings is 1. The van der Waals surface area contributed by atoms with Gasteiger partial charge in [0.2, 0.25) is 5.91 Å². The zero-order valence-electron chi connectivity index (χ0n) is 17.5. The van der Waals surface area contributed by atoms with Gasteiger partial charge < -0.3 is 19.4 Å². The number of amides is 1. The van der Waals surface area contributed by atoms with Gasteiger partial charge in [-0.3, -0.25) is 4.79 Å². The number of H-pyrrole nitrogens is 1. The average molecular weight is 407 g/mol. The Kier molecular flexibility index (Phi) is 5.15. The molecule has 3 aromatic rings. The largest absolute Gasteiger partial charge is 0.464 e. The number of nitrogens with zero attached hydrogens (tertiary/aromatic N) is 1. The van der Waals surface area contributed by atoms with Gasteiger partial charge in [-0.25, -0.2) is 0 Å². The second kappa shape index (κ2) is 7.95. The molecule has 2 aliphatic rings. The molecule has 5 heteroatoms. The molecule has 1 saturated heterocycles. The molecule has 2 fully saturated rings. The predicted octanol–water partition coefficient (Wildman–Crippen LogP) is 5.07. The molecule has 4 unspecified atom stereocenters. The molecule has 1 aliphatic heterocycles. The predicted molar refractivity (Wildman–Crippen MR) is 117 cm³/mol. The number of aromatic nitrogens is 1. The summed E-state index contributed by atoms with van der Waals surface area (Å²) in [5.41, 5.74) is 3.27. The van der Waals surface area contributed by atoms with Crippen molar-refractivity contribution in [2.24, 2.45) is 5.92 Å². The lowest BCUT2D eigenvalue weighted by Crippen LogP contribution is -2.53. The Balaban J connectivity index is 1.40. The smallest absolute Gasteiger partial charge is 0.223 e. The van der Waals surface area contributed by atoms with E-state index in [-0.39, 0.29) is 29.9 Å². The lowest BCUT2D eigenvalue weighted by molar-refractivity contribution is -0.140. The summed E-state index contributed by atoms with van der Waals surface area (Å²) < 4.78 is 5.66. The van der Waals surface area contributed by atoms with Gasteiger partial charge in [-0.15, -0.1) is 0 Å². The first kappa shape index (κ1) is 19.4. The SMILES string of the molecule is CC(CC(=O)N1CCCC2C(O)CCCC21)c1c[nH]c2cccc(-c3ccco3)c12. The van der Waals surface area contributed by atoms with Crippen LogP contribution in [-0.4, -0.2) is 39.6 Å². The molecule has 1 amide bonds. The van der Waals surface area contributed by atoms with Crippen molar-refractivity contribution in [2.45, 2.75) is 63.5 Å². The van der Waals surface area contributed by atoms with Gasteiger partial charge in [0.25, 0.3) is 0 Å². The fourth-order valence-electron chi connectivity index (χ4n) is 5.69. The standard InChI is InChI=1S/C25H30N2O3/c1-16(14-24(29)27-12-4-7-17-21(27)9-3-10-22(17)28)19-15-26-20-8-2-6-18(25(19)20)23-11-5-13-30-23/h2,5-6,8,11,13,15-17,21-22,26,28H,3-4,7,9-10,12,14H2,1H3. The van der Waals surface area contributed by atoms with E-state index in [0.717, 1.165) is 66.4 Å². The molecule has 2 aromatic heterocycles. The van der Waals surface area contributed by atoms with E-state index in [1.165, 1.54) is 0 Å². The Bertz CT molecular complexity index is 1020. The lowest BCUT2D eigenvalue weighted by atomic mass is 9.76. The second-order valence-corrected chi connectivity index (χ2v) is 9.01. The van der Waals surface area contributed by atoms with Crippen LogP contribution >= 0.6 is 0 Å². The molecule has 5 nitrogen and oxygen atoms in total. The fourth-order valence-corrected chi connectivity index (χ4v) is 5.69. The number of carbonyl (C=O) groups is 1. The van der Waals surface area contributed by atoms with E-state index in [4.69, 9.17) is 4.42 Å². The number of likely N-dealkylation sites (tertiary alicyclic amines) is 1. The molecular weight excluding hydrogens is 376 g/mol.